The van der Waals surface area contributed by atoms with Crippen LogP contribution in [0.3, 0.4) is 0 Å². The van der Waals surface area contributed by atoms with Crippen LogP contribution in [0, 0.1) is 13.8 Å². The lowest BCUT2D eigenvalue weighted by molar-refractivity contribution is 0.0911. The molecule has 0 heterocycles. The van der Waals surface area contributed by atoms with Crippen molar-refractivity contribution in [1.82, 2.24) is 5.32 Å². The molecule has 1 atom stereocenters. The molecule has 0 saturated heterocycles. The Kier molecular flexibility index (Phi) is 4.58. The van der Waals surface area contributed by atoms with Crippen LogP contribution < -0.4 is 5.32 Å². The van der Waals surface area contributed by atoms with Crippen LogP contribution in [0.25, 0.3) is 0 Å². The molecule has 1 unspecified atom stereocenters. The Morgan fingerprint density at radius 2 is 2.06 bits per heavy atom. The number of nitrogens with one attached hydrogen (secondary N) is 1. The van der Waals surface area contributed by atoms with E-state index in [1.807, 2.05) is 45.9 Å². The van der Waals surface area contributed by atoms with E-state index in [4.69, 9.17) is 11.6 Å². The fraction of sp³-hybridized carbons (Fsp3) is 0.500. The van der Waals surface area contributed by atoms with E-state index in [0.717, 1.165) is 23.1 Å². The van der Waals surface area contributed by atoms with Gasteiger partial charge < -0.3 is 5.32 Å². The smallest absolute Gasteiger partial charge is 0.252 e. The summed E-state index contributed by atoms with van der Waals surface area (Å²) >= 11 is 5.90. The number of rotatable bonds is 4. The van der Waals surface area contributed by atoms with Crippen molar-refractivity contribution in [2.75, 3.05) is 5.88 Å². The van der Waals surface area contributed by atoms with E-state index in [1.165, 1.54) is 0 Å². The Bertz CT molecular complexity index is 411. The van der Waals surface area contributed by atoms with Crippen molar-refractivity contribution in [3.05, 3.63) is 34.9 Å². The van der Waals surface area contributed by atoms with Gasteiger partial charge in [0, 0.05) is 11.4 Å². The zero-order valence-electron chi connectivity index (χ0n) is 10.9. The van der Waals surface area contributed by atoms with Crippen molar-refractivity contribution in [3.8, 4) is 0 Å². The molecule has 0 fully saturated rings. The number of carbonyl (C=O) groups excluding carboxylic acids is 1. The molecule has 0 aliphatic carbocycles. The summed E-state index contributed by atoms with van der Waals surface area (Å²) in [6.07, 6.45) is 0.813. The average Bonchev–Trinajstić information content (AvgIpc) is 2.32. The van der Waals surface area contributed by atoms with Crippen LogP contribution in [0.4, 0.5) is 0 Å². The minimum absolute atomic E-state index is 0.0452. The summed E-state index contributed by atoms with van der Waals surface area (Å²) in [7, 11) is 0. The van der Waals surface area contributed by atoms with E-state index in [9.17, 15) is 4.79 Å². The van der Waals surface area contributed by atoms with E-state index in [0.29, 0.717) is 5.88 Å². The maximum atomic E-state index is 12.2. The number of hydrogen-bond donors (Lipinski definition) is 1. The van der Waals surface area contributed by atoms with E-state index in [2.05, 4.69) is 5.32 Å². The van der Waals surface area contributed by atoms with Gasteiger partial charge in [-0.2, -0.15) is 0 Å². The van der Waals surface area contributed by atoms with Crippen molar-refractivity contribution < 1.29 is 4.79 Å². The quantitative estimate of drug-likeness (QED) is 0.819. The third kappa shape index (κ3) is 3.22. The summed E-state index contributed by atoms with van der Waals surface area (Å²) in [6.45, 7) is 7.95. The van der Waals surface area contributed by atoms with E-state index < -0.39 is 0 Å². The average molecular weight is 254 g/mol. The number of halogens is 1. The van der Waals surface area contributed by atoms with Crippen molar-refractivity contribution in [3.63, 3.8) is 0 Å². The molecule has 0 aromatic heterocycles. The number of amides is 1. The van der Waals surface area contributed by atoms with Crippen LogP contribution in [0.5, 0.6) is 0 Å². The standard InChI is InChI=1S/C14H20ClNO/c1-5-14(4,9-15)16-13(17)12-8-6-7-10(2)11(12)3/h6-8H,5,9H2,1-4H3,(H,16,17). The van der Waals surface area contributed by atoms with Crippen LogP contribution >= 0.6 is 11.6 Å². The fourth-order valence-electron chi connectivity index (χ4n) is 1.55. The van der Waals surface area contributed by atoms with Crippen LogP contribution in [-0.2, 0) is 0 Å². The second-order valence-corrected chi connectivity index (χ2v) is 5.02. The minimum atomic E-state index is -0.338. The summed E-state index contributed by atoms with van der Waals surface area (Å²) in [4.78, 5) is 12.2. The summed E-state index contributed by atoms with van der Waals surface area (Å²) < 4.78 is 0. The first-order valence-corrected chi connectivity index (χ1v) is 6.41. The highest BCUT2D eigenvalue weighted by Crippen LogP contribution is 2.16. The number of hydrogen-bond acceptors (Lipinski definition) is 1. The topological polar surface area (TPSA) is 29.1 Å². The molecular weight excluding hydrogens is 234 g/mol. The molecule has 0 spiro atoms. The van der Waals surface area contributed by atoms with Gasteiger partial charge in [0.15, 0.2) is 0 Å². The Labute approximate surface area is 108 Å². The monoisotopic (exact) mass is 253 g/mol. The molecule has 0 aliphatic rings. The predicted molar refractivity (Wildman–Crippen MR) is 72.8 cm³/mol. The van der Waals surface area contributed by atoms with E-state index >= 15 is 0 Å². The van der Waals surface area contributed by atoms with Crippen LogP contribution in [0.2, 0.25) is 0 Å². The van der Waals surface area contributed by atoms with Crippen molar-refractivity contribution in [2.45, 2.75) is 39.7 Å². The van der Waals surface area contributed by atoms with Crippen LogP contribution in [0.15, 0.2) is 18.2 Å². The first kappa shape index (κ1) is 14.0. The molecule has 1 aromatic carbocycles. The molecule has 0 saturated carbocycles. The molecule has 17 heavy (non-hydrogen) atoms. The minimum Gasteiger partial charge on any atom is -0.346 e. The lowest BCUT2D eigenvalue weighted by atomic mass is 9.98. The Morgan fingerprint density at radius 1 is 1.41 bits per heavy atom. The molecule has 0 radical (unpaired) electrons. The molecule has 0 bridgehead atoms. The van der Waals surface area contributed by atoms with Gasteiger partial charge in [-0.05, 0) is 44.4 Å². The van der Waals surface area contributed by atoms with Gasteiger partial charge in [0.2, 0.25) is 0 Å². The third-order valence-corrected chi connectivity index (χ3v) is 3.93. The van der Waals surface area contributed by atoms with Gasteiger partial charge in [-0.25, -0.2) is 0 Å². The maximum absolute atomic E-state index is 12.2. The van der Waals surface area contributed by atoms with Gasteiger partial charge >= 0.3 is 0 Å². The third-order valence-electron chi connectivity index (χ3n) is 3.34. The van der Waals surface area contributed by atoms with Crippen molar-refractivity contribution in [2.24, 2.45) is 0 Å². The SMILES string of the molecule is CCC(C)(CCl)NC(=O)c1cccc(C)c1C. The lowest BCUT2D eigenvalue weighted by Gasteiger charge is -2.27. The van der Waals surface area contributed by atoms with Gasteiger partial charge in [-0.15, -0.1) is 11.6 Å². The highest BCUT2D eigenvalue weighted by atomic mass is 35.5. The number of alkyl halides is 1. The van der Waals surface area contributed by atoms with Gasteiger partial charge in [-0.1, -0.05) is 19.1 Å². The van der Waals surface area contributed by atoms with Crippen LogP contribution in [0.1, 0.15) is 41.8 Å². The molecule has 94 valence electrons. The van der Waals surface area contributed by atoms with Crippen molar-refractivity contribution >= 4 is 17.5 Å². The molecule has 1 rings (SSSR count). The molecule has 1 amide bonds. The normalized spacial score (nSPS) is 14.2. The number of benzene rings is 1. The van der Waals surface area contributed by atoms with Gasteiger partial charge in [0.1, 0.15) is 0 Å². The Morgan fingerprint density at radius 3 is 2.59 bits per heavy atom. The first-order chi connectivity index (χ1) is 7.93. The zero-order chi connectivity index (χ0) is 13.1. The summed E-state index contributed by atoms with van der Waals surface area (Å²) in [5.74, 6) is 0.372. The molecule has 1 N–H and O–H groups in total. The predicted octanol–water partition coefficient (Wildman–Crippen LogP) is 3.44. The Hall–Kier alpha value is -1.02. The molecule has 1 aromatic rings. The second-order valence-electron chi connectivity index (χ2n) is 4.75. The summed E-state index contributed by atoms with van der Waals surface area (Å²) in [5.41, 5.74) is 2.55. The lowest BCUT2D eigenvalue weighted by Crippen LogP contribution is -2.47. The first-order valence-electron chi connectivity index (χ1n) is 5.88. The fourth-order valence-corrected chi connectivity index (χ4v) is 1.81. The van der Waals surface area contributed by atoms with Gasteiger partial charge in [-0.3, -0.25) is 4.79 Å². The highest BCUT2D eigenvalue weighted by molar-refractivity contribution is 6.18. The largest absolute Gasteiger partial charge is 0.346 e. The highest BCUT2D eigenvalue weighted by Gasteiger charge is 2.24. The number of carbonyl (C=O) groups is 1. The van der Waals surface area contributed by atoms with Crippen LogP contribution in [-0.4, -0.2) is 17.3 Å². The summed E-state index contributed by atoms with van der Waals surface area (Å²) in [6, 6.07) is 5.76. The molecular formula is C14H20ClNO. The van der Waals surface area contributed by atoms with Crippen molar-refractivity contribution in [1.29, 1.82) is 0 Å². The second kappa shape index (κ2) is 5.54. The Balaban J connectivity index is 2.94. The summed E-state index contributed by atoms with van der Waals surface area (Å²) in [5, 5.41) is 3.01. The molecule has 3 heteroatoms. The van der Waals surface area contributed by atoms with Gasteiger partial charge in [0.05, 0.1) is 5.54 Å². The van der Waals surface area contributed by atoms with E-state index in [1.54, 1.807) is 0 Å². The van der Waals surface area contributed by atoms with E-state index in [-0.39, 0.29) is 11.4 Å². The molecule has 2 nitrogen and oxygen atoms in total. The molecule has 0 aliphatic heterocycles. The number of aryl methyl sites for hydroxylation is 1. The maximum Gasteiger partial charge on any atom is 0.252 e. The zero-order valence-corrected chi connectivity index (χ0v) is 11.7. The van der Waals surface area contributed by atoms with Gasteiger partial charge in [0.25, 0.3) is 5.91 Å².